The first-order valence-corrected chi connectivity index (χ1v) is 22.9. The lowest BCUT2D eigenvalue weighted by atomic mass is 9.41. The quantitative estimate of drug-likeness (QED) is 0.141. The molecule has 2 unspecified atom stereocenters. The second-order valence-corrected chi connectivity index (χ2v) is 21.5. The molecule has 1 saturated carbocycles. The number of fused-ring (bicyclic) bond motifs is 20. The molecule has 7 aromatic carbocycles. The van der Waals surface area contributed by atoms with Gasteiger partial charge >= 0.3 is 6.85 Å². The Labute approximate surface area is 361 Å². The van der Waals surface area contributed by atoms with Gasteiger partial charge < -0.3 is 9.71 Å². The van der Waals surface area contributed by atoms with Crippen molar-refractivity contribution in [3.63, 3.8) is 0 Å². The maximum absolute atomic E-state index is 3.03. The zero-order chi connectivity index (χ0) is 41.2. The van der Waals surface area contributed by atoms with Crippen LogP contribution in [-0.4, -0.2) is 12.4 Å². The summed E-state index contributed by atoms with van der Waals surface area (Å²) in [5.41, 5.74) is 27.7. The third-order valence-electron chi connectivity index (χ3n) is 17.5. The van der Waals surface area contributed by atoms with E-state index in [-0.39, 0.29) is 28.6 Å². The Morgan fingerprint density at radius 2 is 1.11 bits per heavy atom. The molecule has 3 aliphatic carbocycles. The van der Waals surface area contributed by atoms with Crippen LogP contribution in [-0.2, 0) is 21.7 Å². The lowest BCUT2D eigenvalue weighted by Gasteiger charge is -2.57. The van der Waals surface area contributed by atoms with Gasteiger partial charge in [-0.25, -0.2) is 0 Å². The molecule has 296 valence electrons. The van der Waals surface area contributed by atoms with E-state index in [1.165, 1.54) is 132 Å². The predicted molar refractivity (Wildman–Crippen MR) is 255 cm³/mol. The number of benzene rings is 7. The van der Waals surface area contributed by atoms with E-state index in [4.69, 9.17) is 0 Å². The maximum atomic E-state index is 3.03. The summed E-state index contributed by atoms with van der Waals surface area (Å²) >= 11 is 0. The van der Waals surface area contributed by atoms with E-state index in [0.29, 0.717) is 0 Å². The molecule has 2 atom stereocenters. The van der Waals surface area contributed by atoms with Gasteiger partial charge in [-0.2, -0.15) is 0 Å². The summed E-state index contributed by atoms with van der Waals surface area (Å²) in [6.45, 7) is 17.6. The first-order valence-electron chi connectivity index (χ1n) is 22.9. The highest BCUT2D eigenvalue weighted by molar-refractivity contribution is 6.93. The predicted octanol–water partition coefficient (Wildman–Crippen LogP) is 12.9. The van der Waals surface area contributed by atoms with E-state index in [2.05, 4.69) is 192 Å². The first-order chi connectivity index (χ1) is 29.4. The highest BCUT2D eigenvalue weighted by atomic mass is 15.2. The zero-order valence-corrected chi connectivity index (χ0v) is 36.5. The smallest absolute Gasteiger partial charge is 0.328 e. The van der Waals surface area contributed by atoms with Gasteiger partial charge in [-0.1, -0.05) is 170 Å². The van der Waals surface area contributed by atoms with Gasteiger partial charge in [-0.3, -0.25) is 0 Å². The molecule has 0 amide bonds. The number of rotatable bonds is 0. The highest BCUT2D eigenvalue weighted by Crippen LogP contribution is 2.68. The minimum Gasteiger partial charge on any atom is -0.400 e. The summed E-state index contributed by atoms with van der Waals surface area (Å²) in [5, 5.41) is 0. The standard InChI is InChI=1S/C58H51BN2/c1-54(2,3)34-31-40-39-33-38-37-21-8-11-22-41(37)55(4,5)49(38)53-50(39)59(61-51(40)46(32-34)56(6)29-16-17-30-57(56,61)7)47-27-18-26-45-52(47)60(53)48-28-15-14-25-44(48)58(45)42-23-12-9-19-35(42)36-20-10-13-24-43(36)58/h8-15,18-28,31-33H,16-17,29-30H2,1-7H3. The van der Waals surface area contributed by atoms with Gasteiger partial charge in [0.05, 0.1) is 11.1 Å². The average Bonchev–Trinajstić information content (AvgIpc) is 3.77. The van der Waals surface area contributed by atoms with E-state index < -0.39 is 5.41 Å². The zero-order valence-electron chi connectivity index (χ0n) is 36.5. The summed E-state index contributed by atoms with van der Waals surface area (Å²) in [6.07, 6.45) is 4.96. The molecule has 7 aliphatic rings. The van der Waals surface area contributed by atoms with Crippen LogP contribution in [0.25, 0.3) is 33.4 Å². The van der Waals surface area contributed by atoms with Crippen molar-refractivity contribution in [1.29, 1.82) is 0 Å². The number of anilines is 4. The normalized spacial score (nSPS) is 22.7. The molecule has 14 rings (SSSR count). The Bertz CT molecular complexity index is 3140. The number of hydrogen-bond donors (Lipinski definition) is 0. The molecular weight excluding hydrogens is 735 g/mol. The number of nitrogens with zero attached hydrogens (tertiary/aromatic N) is 2. The van der Waals surface area contributed by atoms with E-state index in [0.717, 1.165) is 0 Å². The topological polar surface area (TPSA) is 6.48 Å². The van der Waals surface area contributed by atoms with Crippen LogP contribution in [0.5, 0.6) is 0 Å². The van der Waals surface area contributed by atoms with Crippen molar-refractivity contribution in [2.24, 2.45) is 0 Å². The van der Waals surface area contributed by atoms with Gasteiger partial charge in [-0.15, -0.1) is 0 Å². The molecule has 0 N–H and O–H groups in total. The van der Waals surface area contributed by atoms with Crippen molar-refractivity contribution >= 4 is 40.5 Å². The van der Waals surface area contributed by atoms with Crippen molar-refractivity contribution in [3.05, 3.63) is 178 Å². The van der Waals surface area contributed by atoms with Gasteiger partial charge in [0.15, 0.2) is 0 Å². The third-order valence-corrected chi connectivity index (χ3v) is 17.5. The molecule has 0 aromatic heterocycles. The van der Waals surface area contributed by atoms with Crippen LogP contribution in [0, 0.1) is 0 Å². The Morgan fingerprint density at radius 1 is 0.508 bits per heavy atom. The van der Waals surface area contributed by atoms with Crippen LogP contribution in [0.3, 0.4) is 0 Å². The van der Waals surface area contributed by atoms with Crippen LogP contribution < -0.4 is 20.6 Å². The molecule has 0 radical (unpaired) electrons. The second-order valence-electron chi connectivity index (χ2n) is 21.5. The van der Waals surface area contributed by atoms with Crippen LogP contribution in [0.15, 0.2) is 133 Å². The molecule has 7 aromatic rings. The summed E-state index contributed by atoms with van der Waals surface area (Å²) in [4.78, 5) is 5.84. The summed E-state index contributed by atoms with van der Waals surface area (Å²) in [7, 11) is 0. The maximum Gasteiger partial charge on any atom is 0.328 e. The molecule has 0 bridgehead atoms. The average molecular weight is 787 g/mol. The largest absolute Gasteiger partial charge is 0.400 e. The summed E-state index contributed by atoms with van der Waals surface area (Å²) in [5.74, 6) is 0. The van der Waals surface area contributed by atoms with Gasteiger partial charge in [0.25, 0.3) is 0 Å². The van der Waals surface area contributed by atoms with Gasteiger partial charge in [0.1, 0.15) is 0 Å². The minimum atomic E-state index is -0.462. The van der Waals surface area contributed by atoms with Crippen molar-refractivity contribution < 1.29 is 0 Å². The van der Waals surface area contributed by atoms with Crippen molar-refractivity contribution in [2.45, 2.75) is 101 Å². The molecule has 2 nitrogen and oxygen atoms in total. The Kier molecular flexibility index (Phi) is 6.17. The van der Waals surface area contributed by atoms with Gasteiger partial charge in [-0.05, 0) is 127 Å². The lowest BCUT2D eigenvalue weighted by molar-refractivity contribution is 0.199. The lowest BCUT2D eigenvalue weighted by Crippen LogP contribution is -2.71. The Morgan fingerprint density at radius 3 is 1.82 bits per heavy atom. The van der Waals surface area contributed by atoms with E-state index in [9.17, 15) is 0 Å². The Balaban J connectivity index is 1.20. The fourth-order valence-corrected chi connectivity index (χ4v) is 14.6. The Hall–Kier alpha value is -5.80. The number of hydrogen-bond acceptors (Lipinski definition) is 2. The minimum absolute atomic E-state index is 0.0120. The summed E-state index contributed by atoms with van der Waals surface area (Å²) < 4.78 is 0. The summed E-state index contributed by atoms with van der Waals surface area (Å²) in [6, 6.07) is 52.8. The van der Waals surface area contributed by atoms with Crippen LogP contribution in [0.2, 0.25) is 0 Å². The van der Waals surface area contributed by atoms with Crippen molar-refractivity contribution in [3.8, 4) is 33.4 Å². The van der Waals surface area contributed by atoms with Gasteiger partial charge in [0, 0.05) is 39.0 Å². The van der Waals surface area contributed by atoms with Crippen LogP contribution in [0.1, 0.15) is 119 Å². The second kappa shape index (κ2) is 10.8. The highest BCUT2D eigenvalue weighted by Gasteiger charge is 2.65. The van der Waals surface area contributed by atoms with Crippen LogP contribution in [0.4, 0.5) is 22.7 Å². The molecule has 1 fully saturated rings. The molecular formula is C58H51BN2. The molecule has 3 heteroatoms. The fourth-order valence-electron chi connectivity index (χ4n) is 14.6. The third kappa shape index (κ3) is 3.69. The SMILES string of the molecule is CC(C)(C)c1cc2c3c(c1)C1(C)CCCCC1(C)N3B1c3cccc4c3N(c3ccccc3C43c4ccccc4-c4ccccc43)c3c1c-2cc1c3C(C)(C)c2ccccc2-1. The molecule has 61 heavy (non-hydrogen) atoms. The first kappa shape index (κ1) is 34.9. The fraction of sp³-hybridized carbons (Fsp3) is 0.276. The molecule has 4 heterocycles. The molecule has 1 spiro atoms. The molecule has 4 aliphatic heterocycles. The van der Waals surface area contributed by atoms with Crippen LogP contribution >= 0.6 is 0 Å². The van der Waals surface area contributed by atoms with Crippen molar-refractivity contribution in [2.75, 3.05) is 9.71 Å². The van der Waals surface area contributed by atoms with E-state index in [1.54, 1.807) is 5.56 Å². The molecule has 0 saturated heterocycles. The van der Waals surface area contributed by atoms with E-state index in [1.807, 2.05) is 0 Å². The van der Waals surface area contributed by atoms with Gasteiger partial charge in [0.2, 0.25) is 0 Å². The number of para-hydroxylation sites is 2. The van der Waals surface area contributed by atoms with E-state index >= 15 is 0 Å². The van der Waals surface area contributed by atoms with Crippen molar-refractivity contribution in [1.82, 2.24) is 0 Å². The monoisotopic (exact) mass is 786 g/mol.